The van der Waals surface area contributed by atoms with Crippen molar-refractivity contribution in [3.63, 3.8) is 0 Å². The second-order valence-corrected chi connectivity index (χ2v) is 6.88. The molecule has 156 valence electrons. The number of hydrogen-bond acceptors (Lipinski definition) is 3. The van der Waals surface area contributed by atoms with Crippen LogP contribution < -0.4 is 15.4 Å². The summed E-state index contributed by atoms with van der Waals surface area (Å²) in [5.74, 6) is 2.72. The van der Waals surface area contributed by atoms with Crippen LogP contribution >= 0.6 is 24.0 Å². The maximum absolute atomic E-state index is 5.99. The number of nitrogens with one attached hydrogen (secondary N) is 3. The molecule has 1 aromatic heterocycles. The molecule has 0 spiro atoms. The lowest BCUT2D eigenvalue weighted by molar-refractivity contribution is 0.222. The van der Waals surface area contributed by atoms with Gasteiger partial charge in [-0.3, -0.25) is 4.99 Å². The van der Waals surface area contributed by atoms with Crippen LogP contribution in [0.15, 0.2) is 53.5 Å². The molecule has 3 rings (SSSR count). The van der Waals surface area contributed by atoms with Gasteiger partial charge in [0.25, 0.3) is 0 Å². The third-order valence-electron chi connectivity index (χ3n) is 4.52. The molecule has 0 bridgehead atoms. The van der Waals surface area contributed by atoms with Gasteiger partial charge in [0.1, 0.15) is 17.7 Å². The van der Waals surface area contributed by atoms with Crippen molar-refractivity contribution in [2.75, 3.05) is 20.1 Å². The molecule has 29 heavy (non-hydrogen) atoms. The Morgan fingerprint density at radius 3 is 2.66 bits per heavy atom. The summed E-state index contributed by atoms with van der Waals surface area (Å²) in [6.45, 7) is 5.60. The van der Waals surface area contributed by atoms with E-state index in [1.807, 2.05) is 43.3 Å². The standard InChI is InChI=1S/C22H29N5O.HI/c1-16-9-4-7-12-20(16)28-17(2)15-25-22(23-3)24-14-8-13-21-26-18-10-5-6-11-19(18)27-21;/h4-7,9-12,17H,8,13-15H2,1-3H3,(H,26,27)(H2,23,24,25);1H. The van der Waals surface area contributed by atoms with Gasteiger partial charge < -0.3 is 20.4 Å². The number of ether oxygens (including phenoxy) is 1. The van der Waals surface area contributed by atoms with Crippen molar-refractivity contribution in [1.29, 1.82) is 0 Å². The SMILES string of the molecule is CN=C(NCCCc1nc2ccccc2[nH]1)NCC(C)Oc1ccccc1C.I. The number of hydrogen-bond donors (Lipinski definition) is 3. The Kier molecular flexibility index (Phi) is 9.24. The number of guanidine groups is 1. The van der Waals surface area contributed by atoms with Crippen molar-refractivity contribution in [1.82, 2.24) is 20.6 Å². The van der Waals surface area contributed by atoms with Gasteiger partial charge >= 0.3 is 0 Å². The van der Waals surface area contributed by atoms with E-state index in [1.165, 1.54) is 0 Å². The van der Waals surface area contributed by atoms with Crippen LogP contribution in [0.5, 0.6) is 5.75 Å². The molecule has 3 N–H and O–H groups in total. The molecule has 3 aromatic rings. The van der Waals surface area contributed by atoms with E-state index in [0.717, 1.165) is 53.5 Å². The zero-order valence-corrected chi connectivity index (χ0v) is 19.6. The Morgan fingerprint density at radius 2 is 1.90 bits per heavy atom. The molecule has 6 nitrogen and oxygen atoms in total. The van der Waals surface area contributed by atoms with E-state index >= 15 is 0 Å². The summed E-state index contributed by atoms with van der Waals surface area (Å²) < 4.78 is 5.99. The van der Waals surface area contributed by atoms with Crippen LogP contribution in [0.3, 0.4) is 0 Å². The number of nitrogens with zero attached hydrogens (tertiary/aromatic N) is 2. The summed E-state index contributed by atoms with van der Waals surface area (Å²) >= 11 is 0. The summed E-state index contributed by atoms with van der Waals surface area (Å²) in [7, 11) is 1.78. The van der Waals surface area contributed by atoms with Crippen molar-refractivity contribution in [2.45, 2.75) is 32.8 Å². The lowest BCUT2D eigenvalue weighted by Gasteiger charge is -2.18. The van der Waals surface area contributed by atoms with Crippen LogP contribution in [0.2, 0.25) is 0 Å². The summed E-state index contributed by atoms with van der Waals surface area (Å²) in [5.41, 5.74) is 3.25. The Hall–Kier alpha value is -2.29. The van der Waals surface area contributed by atoms with E-state index in [0.29, 0.717) is 6.54 Å². The number of halogens is 1. The zero-order valence-electron chi connectivity index (χ0n) is 17.2. The molecule has 0 radical (unpaired) electrons. The highest BCUT2D eigenvalue weighted by Crippen LogP contribution is 2.17. The highest BCUT2D eigenvalue weighted by atomic mass is 127. The fourth-order valence-electron chi connectivity index (χ4n) is 2.99. The molecule has 1 atom stereocenters. The van der Waals surface area contributed by atoms with Crippen LogP contribution in [0.4, 0.5) is 0 Å². The third-order valence-corrected chi connectivity index (χ3v) is 4.52. The van der Waals surface area contributed by atoms with Gasteiger partial charge in [0.15, 0.2) is 5.96 Å². The van der Waals surface area contributed by atoms with Crippen molar-refractivity contribution in [2.24, 2.45) is 4.99 Å². The van der Waals surface area contributed by atoms with E-state index in [-0.39, 0.29) is 30.1 Å². The number of rotatable bonds is 8. The highest BCUT2D eigenvalue weighted by molar-refractivity contribution is 14.0. The van der Waals surface area contributed by atoms with Crippen LogP contribution in [-0.2, 0) is 6.42 Å². The largest absolute Gasteiger partial charge is 0.489 e. The van der Waals surface area contributed by atoms with Crippen LogP contribution in [-0.4, -0.2) is 42.2 Å². The van der Waals surface area contributed by atoms with Gasteiger partial charge in [-0.15, -0.1) is 24.0 Å². The number of benzene rings is 2. The fourth-order valence-corrected chi connectivity index (χ4v) is 2.99. The number of aromatic amines is 1. The quantitative estimate of drug-likeness (QED) is 0.186. The maximum Gasteiger partial charge on any atom is 0.191 e. The smallest absolute Gasteiger partial charge is 0.191 e. The summed E-state index contributed by atoms with van der Waals surface area (Å²) in [4.78, 5) is 12.3. The Labute approximate surface area is 189 Å². The molecule has 0 aliphatic rings. The zero-order chi connectivity index (χ0) is 19.8. The molecule has 1 unspecified atom stereocenters. The van der Waals surface area contributed by atoms with E-state index in [1.54, 1.807) is 7.05 Å². The molecule has 7 heteroatoms. The Bertz CT molecular complexity index is 891. The summed E-state index contributed by atoms with van der Waals surface area (Å²) in [6, 6.07) is 16.2. The number of H-pyrrole nitrogens is 1. The first-order chi connectivity index (χ1) is 13.7. The molecule has 0 aliphatic carbocycles. The number of aryl methyl sites for hydroxylation is 2. The maximum atomic E-state index is 5.99. The molecule has 0 saturated heterocycles. The van der Waals surface area contributed by atoms with Crippen molar-refractivity contribution < 1.29 is 4.74 Å². The van der Waals surface area contributed by atoms with Gasteiger partial charge in [-0.05, 0) is 44.0 Å². The molecule has 0 amide bonds. The topological polar surface area (TPSA) is 74.3 Å². The van der Waals surface area contributed by atoms with E-state index < -0.39 is 0 Å². The predicted molar refractivity (Wildman–Crippen MR) is 130 cm³/mol. The fraction of sp³-hybridized carbons (Fsp3) is 0.364. The van der Waals surface area contributed by atoms with Crippen LogP contribution in [0, 0.1) is 6.92 Å². The number of fused-ring (bicyclic) bond motifs is 1. The number of para-hydroxylation sites is 3. The average molecular weight is 507 g/mol. The van der Waals surface area contributed by atoms with Crippen molar-refractivity contribution in [3.8, 4) is 5.75 Å². The van der Waals surface area contributed by atoms with Crippen LogP contribution in [0.1, 0.15) is 24.7 Å². The van der Waals surface area contributed by atoms with E-state index in [4.69, 9.17) is 4.74 Å². The highest BCUT2D eigenvalue weighted by Gasteiger charge is 2.07. The monoisotopic (exact) mass is 507 g/mol. The number of aromatic nitrogens is 2. The molecule has 0 saturated carbocycles. The second kappa shape index (κ2) is 11.6. The first-order valence-electron chi connectivity index (χ1n) is 9.76. The van der Waals surface area contributed by atoms with Gasteiger partial charge in [-0.1, -0.05) is 30.3 Å². The number of imidazole rings is 1. The first-order valence-corrected chi connectivity index (χ1v) is 9.76. The predicted octanol–water partition coefficient (Wildman–Crippen LogP) is 4.05. The van der Waals surface area contributed by atoms with Gasteiger partial charge in [-0.2, -0.15) is 0 Å². The molecule has 0 fully saturated rings. The minimum Gasteiger partial charge on any atom is -0.489 e. The Morgan fingerprint density at radius 1 is 1.14 bits per heavy atom. The first kappa shape index (κ1) is 23.0. The van der Waals surface area contributed by atoms with Crippen LogP contribution in [0.25, 0.3) is 11.0 Å². The van der Waals surface area contributed by atoms with Gasteiger partial charge in [-0.25, -0.2) is 4.98 Å². The van der Waals surface area contributed by atoms with Gasteiger partial charge in [0.05, 0.1) is 17.6 Å². The van der Waals surface area contributed by atoms with Gasteiger partial charge in [0, 0.05) is 20.0 Å². The van der Waals surface area contributed by atoms with E-state index in [9.17, 15) is 0 Å². The number of aliphatic imine (C=N–C) groups is 1. The summed E-state index contributed by atoms with van der Waals surface area (Å²) in [6.07, 6.45) is 1.90. The minimum atomic E-state index is 0. The second-order valence-electron chi connectivity index (χ2n) is 6.88. The van der Waals surface area contributed by atoms with E-state index in [2.05, 4.69) is 44.7 Å². The van der Waals surface area contributed by atoms with Gasteiger partial charge in [0.2, 0.25) is 0 Å². The lowest BCUT2D eigenvalue weighted by Crippen LogP contribution is -2.42. The normalized spacial score (nSPS) is 12.3. The molecule has 0 aliphatic heterocycles. The molecular formula is C22H30IN5O. The van der Waals surface area contributed by atoms with Crippen molar-refractivity contribution in [3.05, 3.63) is 59.9 Å². The molecular weight excluding hydrogens is 477 g/mol. The molecule has 1 heterocycles. The average Bonchev–Trinajstić information content (AvgIpc) is 3.12. The van der Waals surface area contributed by atoms with Crippen molar-refractivity contribution >= 4 is 41.0 Å². The Balaban J connectivity index is 0.00000300. The lowest BCUT2D eigenvalue weighted by atomic mass is 10.2. The minimum absolute atomic E-state index is 0. The molecule has 2 aromatic carbocycles. The third kappa shape index (κ3) is 6.92. The summed E-state index contributed by atoms with van der Waals surface area (Å²) in [5, 5.41) is 6.67.